The summed E-state index contributed by atoms with van der Waals surface area (Å²) in [7, 11) is 1.94. The molecule has 0 spiro atoms. The van der Waals surface area contributed by atoms with E-state index in [2.05, 4.69) is 20.3 Å². The van der Waals surface area contributed by atoms with Gasteiger partial charge in [0.05, 0.1) is 28.0 Å². The predicted molar refractivity (Wildman–Crippen MR) is 130 cm³/mol. The first-order valence-electron chi connectivity index (χ1n) is 10.2. The molecule has 0 aliphatic carbocycles. The van der Waals surface area contributed by atoms with Gasteiger partial charge in [0.1, 0.15) is 23.6 Å². The van der Waals surface area contributed by atoms with Crippen molar-refractivity contribution in [3.8, 4) is 21.8 Å². The molecule has 0 aliphatic heterocycles. The summed E-state index contributed by atoms with van der Waals surface area (Å²) in [6, 6.07) is 19.0. The lowest BCUT2D eigenvalue weighted by molar-refractivity contribution is 0.155. The van der Waals surface area contributed by atoms with Gasteiger partial charge in [-0.25, -0.2) is 19.7 Å². The van der Waals surface area contributed by atoms with Crippen LogP contribution in [0.5, 0.6) is 0 Å². The van der Waals surface area contributed by atoms with E-state index in [-0.39, 0.29) is 6.61 Å². The van der Waals surface area contributed by atoms with Crippen molar-refractivity contribution in [2.75, 3.05) is 11.1 Å². The van der Waals surface area contributed by atoms with E-state index in [1.165, 1.54) is 17.7 Å². The highest BCUT2D eigenvalue weighted by atomic mass is 32.1. The van der Waals surface area contributed by atoms with E-state index in [9.17, 15) is 4.79 Å². The lowest BCUT2D eigenvalue weighted by Gasteiger charge is -2.09. The van der Waals surface area contributed by atoms with Crippen molar-refractivity contribution in [3.05, 3.63) is 78.9 Å². The Morgan fingerprint density at radius 3 is 2.76 bits per heavy atom. The second-order valence-electron chi connectivity index (χ2n) is 7.41. The van der Waals surface area contributed by atoms with E-state index in [1.807, 2.05) is 72.3 Å². The second-order valence-corrected chi connectivity index (χ2v) is 8.44. The molecular formula is C24H20N6O2S. The molecule has 0 radical (unpaired) electrons. The van der Waals surface area contributed by atoms with Crippen LogP contribution in [-0.2, 0) is 18.4 Å². The number of nitrogen functional groups attached to an aromatic ring is 1. The molecule has 3 heterocycles. The Morgan fingerprint density at radius 1 is 1.09 bits per heavy atom. The number of benzene rings is 2. The van der Waals surface area contributed by atoms with E-state index < -0.39 is 6.09 Å². The summed E-state index contributed by atoms with van der Waals surface area (Å²) >= 11 is 1.53. The third-order valence-corrected chi connectivity index (χ3v) is 6.18. The fourth-order valence-electron chi connectivity index (χ4n) is 3.54. The van der Waals surface area contributed by atoms with Crippen molar-refractivity contribution < 1.29 is 9.53 Å². The number of hydrogen-bond donors (Lipinski definition) is 2. The maximum Gasteiger partial charge on any atom is 0.411 e. The number of aryl methyl sites for hydroxylation is 1. The Kier molecular flexibility index (Phi) is 5.45. The summed E-state index contributed by atoms with van der Waals surface area (Å²) in [5, 5.41) is 3.61. The predicted octanol–water partition coefficient (Wildman–Crippen LogP) is 5.09. The molecule has 0 aliphatic rings. The first kappa shape index (κ1) is 20.7. The monoisotopic (exact) mass is 456 g/mol. The van der Waals surface area contributed by atoms with Crippen molar-refractivity contribution in [1.29, 1.82) is 0 Å². The van der Waals surface area contributed by atoms with Gasteiger partial charge in [-0.2, -0.15) is 0 Å². The largest absolute Gasteiger partial charge is 0.444 e. The van der Waals surface area contributed by atoms with Gasteiger partial charge in [-0.15, -0.1) is 11.3 Å². The molecule has 3 aromatic heterocycles. The molecule has 5 rings (SSSR count). The SMILES string of the molecule is Cn1cnc(-c2cccc(NC(=O)OCc3ccccc3)c2)c1-c1cc2c(N)ncnc2s1. The summed E-state index contributed by atoms with van der Waals surface area (Å²) in [6.45, 7) is 0.203. The van der Waals surface area contributed by atoms with Crippen LogP contribution in [-0.4, -0.2) is 25.6 Å². The third-order valence-electron chi connectivity index (χ3n) is 5.13. The first-order chi connectivity index (χ1) is 16.1. The molecule has 0 atom stereocenters. The van der Waals surface area contributed by atoms with Crippen LogP contribution >= 0.6 is 11.3 Å². The molecule has 164 valence electrons. The Hall–Kier alpha value is -4.24. The minimum absolute atomic E-state index is 0.203. The Bertz CT molecular complexity index is 1440. The number of fused-ring (bicyclic) bond motifs is 1. The molecule has 1 amide bonds. The normalized spacial score (nSPS) is 10.9. The molecule has 9 heteroatoms. The maximum absolute atomic E-state index is 12.3. The lowest BCUT2D eigenvalue weighted by Crippen LogP contribution is -2.13. The molecule has 5 aromatic rings. The number of nitrogens with two attached hydrogens (primary N) is 1. The van der Waals surface area contributed by atoms with Crippen LogP contribution in [0.2, 0.25) is 0 Å². The highest BCUT2D eigenvalue weighted by molar-refractivity contribution is 7.21. The van der Waals surface area contributed by atoms with Gasteiger partial charge in [0, 0.05) is 18.3 Å². The smallest absolute Gasteiger partial charge is 0.411 e. The van der Waals surface area contributed by atoms with Gasteiger partial charge in [0.15, 0.2) is 0 Å². The summed E-state index contributed by atoms with van der Waals surface area (Å²) in [6.07, 6.45) is 2.71. The molecule has 0 unspecified atom stereocenters. The van der Waals surface area contributed by atoms with Gasteiger partial charge in [0.2, 0.25) is 0 Å². The first-order valence-corrected chi connectivity index (χ1v) is 11.0. The molecule has 0 fully saturated rings. The van der Waals surface area contributed by atoms with Crippen LogP contribution in [0.3, 0.4) is 0 Å². The minimum Gasteiger partial charge on any atom is -0.444 e. The molecule has 0 bridgehead atoms. The average molecular weight is 457 g/mol. The number of thiophene rings is 1. The van der Waals surface area contributed by atoms with Gasteiger partial charge in [-0.1, -0.05) is 42.5 Å². The summed E-state index contributed by atoms with van der Waals surface area (Å²) < 4.78 is 7.28. The van der Waals surface area contributed by atoms with E-state index >= 15 is 0 Å². The lowest BCUT2D eigenvalue weighted by atomic mass is 10.1. The van der Waals surface area contributed by atoms with Crippen molar-refractivity contribution in [2.45, 2.75) is 6.61 Å². The van der Waals surface area contributed by atoms with Gasteiger partial charge < -0.3 is 15.0 Å². The van der Waals surface area contributed by atoms with Crippen molar-refractivity contribution in [2.24, 2.45) is 7.05 Å². The van der Waals surface area contributed by atoms with Gasteiger partial charge >= 0.3 is 6.09 Å². The Balaban J connectivity index is 1.40. The van der Waals surface area contributed by atoms with Gasteiger partial charge in [-0.3, -0.25) is 5.32 Å². The number of aromatic nitrogens is 4. The topological polar surface area (TPSA) is 108 Å². The fraction of sp³-hybridized carbons (Fsp3) is 0.0833. The number of anilines is 2. The highest BCUT2D eigenvalue weighted by Gasteiger charge is 2.18. The quantitative estimate of drug-likeness (QED) is 0.381. The van der Waals surface area contributed by atoms with E-state index in [0.29, 0.717) is 11.5 Å². The van der Waals surface area contributed by atoms with Crippen LogP contribution in [0, 0.1) is 0 Å². The third kappa shape index (κ3) is 4.26. The molecule has 8 nitrogen and oxygen atoms in total. The molecule has 33 heavy (non-hydrogen) atoms. The van der Waals surface area contributed by atoms with Crippen LogP contribution in [0.1, 0.15) is 5.56 Å². The van der Waals surface area contributed by atoms with E-state index in [0.717, 1.165) is 37.6 Å². The summed E-state index contributed by atoms with van der Waals surface area (Å²) in [5.41, 5.74) is 10.1. The van der Waals surface area contributed by atoms with Crippen LogP contribution < -0.4 is 11.1 Å². The number of rotatable bonds is 5. The molecule has 3 N–H and O–H groups in total. The number of nitrogens with zero attached hydrogens (tertiary/aromatic N) is 4. The zero-order valence-electron chi connectivity index (χ0n) is 17.7. The Morgan fingerprint density at radius 2 is 1.94 bits per heavy atom. The minimum atomic E-state index is -0.518. The number of imidazole rings is 1. The fourth-order valence-corrected chi connectivity index (χ4v) is 4.64. The van der Waals surface area contributed by atoms with E-state index in [1.54, 1.807) is 6.33 Å². The molecule has 0 saturated carbocycles. The zero-order valence-corrected chi connectivity index (χ0v) is 18.5. The average Bonchev–Trinajstić information content (AvgIpc) is 3.43. The van der Waals surface area contributed by atoms with Crippen molar-refractivity contribution in [3.63, 3.8) is 0 Å². The van der Waals surface area contributed by atoms with Crippen LogP contribution in [0.4, 0.5) is 16.3 Å². The highest BCUT2D eigenvalue weighted by Crippen LogP contribution is 2.39. The molecule has 2 aromatic carbocycles. The van der Waals surface area contributed by atoms with Crippen molar-refractivity contribution in [1.82, 2.24) is 19.5 Å². The number of amides is 1. The number of ether oxygens (including phenoxy) is 1. The number of carbonyl (C=O) groups is 1. The van der Waals surface area contributed by atoms with Crippen LogP contribution in [0.25, 0.3) is 32.0 Å². The Labute approximate surface area is 193 Å². The molecule has 0 saturated heterocycles. The standard InChI is InChI=1S/C24H20N6O2S/c1-30-14-28-20(21(30)19-11-18-22(25)26-13-27-23(18)33-19)16-8-5-9-17(10-16)29-24(31)32-12-15-6-3-2-4-7-15/h2-11,13-14H,12H2,1H3,(H,29,31)(H2,25,26,27). The maximum atomic E-state index is 12.3. The van der Waals surface area contributed by atoms with Gasteiger partial charge in [-0.05, 0) is 23.8 Å². The summed E-state index contributed by atoms with van der Waals surface area (Å²) in [5.74, 6) is 0.450. The zero-order chi connectivity index (χ0) is 22.8. The van der Waals surface area contributed by atoms with Crippen molar-refractivity contribution >= 4 is 39.2 Å². The number of hydrogen-bond acceptors (Lipinski definition) is 7. The van der Waals surface area contributed by atoms with Crippen LogP contribution in [0.15, 0.2) is 73.3 Å². The van der Waals surface area contributed by atoms with Gasteiger partial charge in [0.25, 0.3) is 0 Å². The van der Waals surface area contributed by atoms with E-state index in [4.69, 9.17) is 10.5 Å². The summed E-state index contributed by atoms with van der Waals surface area (Å²) in [4.78, 5) is 27.1. The number of carbonyl (C=O) groups excluding carboxylic acids is 1. The second kappa shape index (κ2) is 8.71. The number of nitrogens with one attached hydrogen (secondary N) is 1. The molecular weight excluding hydrogens is 436 g/mol.